The topological polar surface area (TPSA) is 80.5 Å². The van der Waals surface area contributed by atoms with Crippen molar-refractivity contribution in [1.29, 1.82) is 0 Å². The van der Waals surface area contributed by atoms with Crippen LogP contribution in [0.1, 0.15) is 49.0 Å². The van der Waals surface area contributed by atoms with Crippen LogP contribution in [0.15, 0.2) is 23.1 Å². The van der Waals surface area contributed by atoms with Gasteiger partial charge in [0.1, 0.15) is 0 Å². The molecular weight excluding hydrogens is 288 g/mol. The third-order valence-electron chi connectivity index (χ3n) is 4.05. The van der Waals surface area contributed by atoms with Gasteiger partial charge in [0.2, 0.25) is 10.0 Å². The predicted molar refractivity (Wildman–Crippen MR) is 81.5 cm³/mol. The fraction of sp³-hybridized carbons (Fsp3) is 0.533. The van der Waals surface area contributed by atoms with Gasteiger partial charge in [-0.25, -0.2) is 13.6 Å². The van der Waals surface area contributed by atoms with E-state index in [0.717, 1.165) is 19.3 Å². The molecule has 2 rings (SSSR count). The third kappa shape index (κ3) is 3.44. The summed E-state index contributed by atoms with van der Waals surface area (Å²) in [5.41, 5.74) is 1.10. The van der Waals surface area contributed by atoms with Crippen LogP contribution in [0.4, 0.5) is 0 Å². The Labute approximate surface area is 126 Å². The van der Waals surface area contributed by atoms with Crippen molar-refractivity contribution >= 4 is 15.9 Å². The zero-order valence-corrected chi connectivity index (χ0v) is 13.5. The molecule has 2 unspecified atom stereocenters. The molecule has 0 spiro atoms. The van der Waals surface area contributed by atoms with E-state index in [9.17, 15) is 13.2 Å². The largest absolute Gasteiger partial charge is 0.333 e. The normalized spacial score (nSPS) is 23.1. The Morgan fingerprint density at radius 2 is 1.76 bits per heavy atom. The fourth-order valence-electron chi connectivity index (χ4n) is 3.01. The molecule has 1 amide bonds. The Morgan fingerprint density at radius 3 is 2.29 bits per heavy atom. The standard InChI is InChI=1S/C15H22N2O3S/c1-10-7-13(9-14(8-10)21(16,19)20)15(18)17-11(2)5-4-6-12(17)3/h7-9,11-12H,4-6H2,1-3H3,(H2,16,19,20). The minimum absolute atomic E-state index is 0.0110. The van der Waals surface area contributed by atoms with Gasteiger partial charge < -0.3 is 4.90 Å². The van der Waals surface area contributed by atoms with Gasteiger partial charge in [-0.05, 0) is 63.8 Å². The number of hydrogen-bond acceptors (Lipinski definition) is 3. The van der Waals surface area contributed by atoms with Crippen LogP contribution in [0.5, 0.6) is 0 Å². The van der Waals surface area contributed by atoms with Crippen molar-refractivity contribution in [2.75, 3.05) is 0 Å². The average molecular weight is 310 g/mol. The first kappa shape index (κ1) is 16.0. The van der Waals surface area contributed by atoms with Crippen LogP contribution in [0.2, 0.25) is 0 Å². The van der Waals surface area contributed by atoms with E-state index in [2.05, 4.69) is 0 Å². The number of nitrogens with zero attached hydrogens (tertiary/aromatic N) is 1. The van der Waals surface area contributed by atoms with E-state index in [1.54, 1.807) is 13.0 Å². The zero-order valence-electron chi connectivity index (χ0n) is 12.7. The Kier molecular flexibility index (Phi) is 4.39. The molecule has 1 heterocycles. The Bertz CT molecular complexity index is 645. The van der Waals surface area contributed by atoms with Crippen molar-refractivity contribution in [3.8, 4) is 0 Å². The van der Waals surface area contributed by atoms with Gasteiger partial charge in [0.05, 0.1) is 4.90 Å². The molecule has 6 heteroatoms. The quantitative estimate of drug-likeness (QED) is 0.907. The van der Waals surface area contributed by atoms with Crippen molar-refractivity contribution in [1.82, 2.24) is 4.90 Å². The maximum Gasteiger partial charge on any atom is 0.254 e. The van der Waals surface area contributed by atoms with Crippen LogP contribution in [0.25, 0.3) is 0 Å². The molecule has 116 valence electrons. The first-order valence-electron chi connectivity index (χ1n) is 7.17. The van der Waals surface area contributed by atoms with E-state index in [1.165, 1.54) is 12.1 Å². The summed E-state index contributed by atoms with van der Waals surface area (Å²) in [6, 6.07) is 4.90. The minimum Gasteiger partial charge on any atom is -0.333 e. The summed E-state index contributed by atoms with van der Waals surface area (Å²) in [4.78, 5) is 14.6. The molecule has 1 fully saturated rings. The van der Waals surface area contributed by atoms with E-state index in [-0.39, 0.29) is 22.9 Å². The van der Waals surface area contributed by atoms with Gasteiger partial charge in [-0.1, -0.05) is 0 Å². The molecule has 2 atom stereocenters. The number of nitrogens with two attached hydrogens (primary N) is 1. The first-order valence-corrected chi connectivity index (χ1v) is 8.72. The molecule has 0 saturated carbocycles. The highest BCUT2D eigenvalue weighted by Gasteiger charge is 2.30. The number of amides is 1. The second-order valence-electron chi connectivity index (χ2n) is 5.92. The second kappa shape index (κ2) is 5.77. The number of benzene rings is 1. The number of hydrogen-bond donors (Lipinski definition) is 1. The number of carbonyl (C=O) groups is 1. The van der Waals surface area contributed by atoms with Crippen molar-refractivity contribution < 1.29 is 13.2 Å². The average Bonchev–Trinajstić information content (AvgIpc) is 2.36. The number of aryl methyl sites for hydroxylation is 1. The van der Waals surface area contributed by atoms with Crippen molar-refractivity contribution in [2.45, 2.75) is 57.0 Å². The van der Waals surface area contributed by atoms with Crippen molar-refractivity contribution in [3.63, 3.8) is 0 Å². The van der Waals surface area contributed by atoms with Gasteiger partial charge in [-0.3, -0.25) is 4.79 Å². The monoisotopic (exact) mass is 310 g/mol. The molecule has 1 aliphatic rings. The number of carbonyl (C=O) groups excluding carboxylic acids is 1. The smallest absolute Gasteiger partial charge is 0.254 e. The summed E-state index contributed by atoms with van der Waals surface area (Å²) in [6.07, 6.45) is 3.07. The molecule has 21 heavy (non-hydrogen) atoms. The van der Waals surface area contributed by atoms with Gasteiger partial charge >= 0.3 is 0 Å². The highest BCUT2D eigenvalue weighted by atomic mass is 32.2. The summed E-state index contributed by atoms with van der Waals surface area (Å²) in [7, 11) is -3.81. The van der Waals surface area contributed by atoms with Gasteiger partial charge in [0.25, 0.3) is 5.91 Å². The van der Waals surface area contributed by atoms with Crippen LogP contribution < -0.4 is 5.14 Å². The zero-order chi connectivity index (χ0) is 15.8. The van der Waals surface area contributed by atoms with Crippen LogP contribution in [0, 0.1) is 6.92 Å². The number of primary sulfonamides is 1. The summed E-state index contributed by atoms with van der Waals surface area (Å²) in [5, 5.41) is 5.18. The van der Waals surface area contributed by atoms with Gasteiger partial charge in [-0.15, -0.1) is 0 Å². The van der Waals surface area contributed by atoms with Gasteiger partial charge in [0, 0.05) is 17.6 Å². The number of rotatable bonds is 2. The van der Waals surface area contributed by atoms with Crippen LogP contribution in [-0.4, -0.2) is 31.3 Å². The molecule has 2 N–H and O–H groups in total. The number of likely N-dealkylation sites (tertiary alicyclic amines) is 1. The van der Waals surface area contributed by atoms with E-state index < -0.39 is 10.0 Å². The predicted octanol–water partition coefficient (Wildman–Crippen LogP) is 2.05. The van der Waals surface area contributed by atoms with Gasteiger partial charge in [0.15, 0.2) is 0 Å². The Balaban J connectivity index is 2.41. The molecule has 0 aliphatic carbocycles. The second-order valence-corrected chi connectivity index (χ2v) is 7.48. The highest BCUT2D eigenvalue weighted by molar-refractivity contribution is 7.89. The van der Waals surface area contributed by atoms with E-state index in [0.29, 0.717) is 11.1 Å². The molecule has 0 bridgehead atoms. The molecule has 1 aliphatic heterocycles. The van der Waals surface area contributed by atoms with E-state index in [1.807, 2.05) is 18.7 Å². The summed E-state index contributed by atoms with van der Waals surface area (Å²) in [5.74, 6) is -0.122. The number of sulfonamides is 1. The Hall–Kier alpha value is -1.40. The molecule has 0 aromatic heterocycles. The molecule has 0 radical (unpaired) electrons. The lowest BCUT2D eigenvalue weighted by molar-refractivity contribution is 0.0510. The van der Waals surface area contributed by atoms with Crippen LogP contribution >= 0.6 is 0 Å². The summed E-state index contributed by atoms with van der Waals surface area (Å²) in [6.45, 7) is 5.82. The number of piperidine rings is 1. The SMILES string of the molecule is Cc1cc(C(=O)N2C(C)CCCC2C)cc(S(N)(=O)=O)c1. The minimum atomic E-state index is -3.81. The fourth-order valence-corrected chi connectivity index (χ4v) is 3.65. The van der Waals surface area contributed by atoms with E-state index in [4.69, 9.17) is 5.14 Å². The van der Waals surface area contributed by atoms with Crippen molar-refractivity contribution in [3.05, 3.63) is 29.3 Å². The third-order valence-corrected chi connectivity index (χ3v) is 4.95. The maximum atomic E-state index is 12.7. The van der Waals surface area contributed by atoms with Crippen molar-refractivity contribution in [2.24, 2.45) is 5.14 Å². The molecule has 1 saturated heterocycles. The van der Waals surface area contributed by atoms with Crippen LogP contribution in [0.3, 0.4) is 0 Å². The van der Waals surface area contributed by atoms with Gasteiger partial charge in [-0.2, -0.15) is 0 Å². The maximum absolute atomic E-state index is 12.7. The van der Waals surface area contributed by atoms with E-state index >= 15 is 0 Å². The lowest BCUT2D eigenvalue weighted by Crippen LogP contribution is -2.47. The highest BCUT2D eigenvalue weighted by Crippen LogP contribution is 2.25. The molecule has 1 aromatic carbocycles. The lowest BCUT2D eigenvalue weighted by atomic mass is 9.96. The lowest BCUT2D eigenvalue weighted by Gasteiger charge is -2.39. The summed E-state index contributed by atoms with van der Waals surface area (Å²) >= 11 is 0. The molecule has 5 nitrogen and oxygen atoms in total. The Morgan fingerprint density at radius 1 is 1.19 bits per heavy atom. The van der Waals surface area contributed by atoms with Crippen LogP contribution in [-0.2, 0) is 10.0 Å². The summed E-state index contributed by atoms with van der Waals surface area (Å²) < 4.78 is 23.0. The molecule has 1 aromatic rings. The molecular formula is C15H22N2O3S. The first-order chi connectivity index (χ1) is 9.70.